The predicted molar refractivity (Wildman–Crippen MR) is 67.9 cm³/mol. The van der Waals surface area contributed by atoms with Gasteiger partial charge in [-0.05, 0) is 5.92 Å². The van der Waals surface area contributed by atoms with Crippen LogP contribution in [-0.4, -0.2) is 19.5 Å². The van der Waals surface area contributed by atoms with Crippen LogP contribution >= 0.6 is 34.2 Å². The van der Waals surface area contributed by atoms with Crippen LogP contribution in [0, 0.1) is 9.75 Å². The van der Waals surface area contributed by atoms with E-state index in [-0.39, 0.29) is 0 Å². The highest BCUT2D eigenvalue weighted by Gasteiger charge is 2.11. The molecule has 80 valence electrons. The van der Waals surface area contributed by atoms with Crippen molar-refractivity contribution in [1.29, 1.82) is 0 Å². The molecule has 2 rings (SSSR count). The number of hydrogen-bond donors (Lipinski definition) is 0. The molecule has 0 aliphatic rings. The smallest absolute Gasteiger partial charge is 0.194 e. The summed E-state index contributed by atoms with van der Waals surface area (Å²) >= 11 is 8.03. The van der Waals surface area contributed by atoms with Crippen molar-refractivity contribution in [3.8, 4) is 0 Å². The number of hydrogen-bond acceptors (Lipinski definition) is 3. The van der Waals surface area contributed by atoms with E-state index in [0.29, 0.717) is 20.4 Å². The van der Waals surface area contributed by atoms with E-state index in [1.165, 1.54) is 0 Å². The van der Waals surface area contributed by atoms with E-state index < -0.39 is 0 Å². The fourth-order valence-corrected chi connectivity index (χ4v) is 2.24. The van der Waals surface area contributed by atoms with Gasteiger partial charge in [0.25, 0.3) is 0 Å². The first kappa shape index (κ1) is 11.1. The molecule has 0 radical (unpaired) electrons. The fourth-order valence-electron chi connectivity index (χ4n) is 1.41. The van der Waals surface area contributed by atoms with Crippen LogP contribution in [0.2, 0.25) is 5.15 Å². The van der Waals surface area contributed by atoms with Gasteiger partial charge in [-0.25, -0.2) is 15.0 Å². The molecule has 0 saturated heterocycles. The summed E-state index contributed by atoms with van der Waals surface area (Å²) in [5.74, 6) is 0.550. The van der Waals surface area contributed by atoms with Gasteiger partial charge in [-0.15, -0.1) is 0 Å². The van der Waals surface area contributed by atoms with Gasteiger partial charge < -0.3 is 4.57 Å². The van der Waals surface area contributed by atoms with Gasteiger partial charge in [0.1, 0.15) is 5.52 Å². The second-order valence-electron chi connectivity index (χ2n) is 3.75. The summed E-state index contributed by atoms with van der Waals surface area (Å²) in [5, 5.41) is 0.423. The second kappa shape index (κ2) is 4.21. The number of aromatic nitrogens is 4. The Bertz CT molecular complexity index is 494. The molecule has 0 aliphatic carbocycles. The van der Waals surface area contributed by atoms with Gasteiger partial charge in [0.2, 0.25) is 0 Å². The van der Waals surface area contributed by atoms with Crippen molar-refractivity contribution in [3.05, 3.63) is 15.3 Å². The number of fused-ring (bicyclic) bond motifs is 1. The summed E-state index contributed by atoms with van der Waals surface area (Å²) in [6, 6.07) is 0. The van der Waals surface area contributed by atoms with E-state index in [4.69, 9.17) is 11.6 Å². The average molecular weight is 337 g/mol. The monoisotopic (exact) mass is 336 g/mol. The molecule has 6 heteroatoms. The van der Waals surface area contributed by atoms with Crippen LogP contribution in [0.25, 0.3) is 11.2 Å². The predicted octanol–water partition coefficient (Wildman–Crippen LogP) is 2.74. The van der Waals surface area contributed by atoms with Crippen LogP contribution in [0.3, 0.4) is 0 Å². The molecule has 2 aromatic rings. The normalized spacial score (nSPS) is 11.5. The fraction of sp³-hybridized carbons (Fsp3) is 0.444. The maximum absolute atomic E-state index is 5.98. The van der Waals surface area contributed by atoms with Crippen LogP contribution in [0.1, 0.15) is 13.8 Å². The molecule has 0 aromatic carbocycles. The van der Waals surface area contributed by atoms with Crippen LogP contribution in [0.5, 0.6) is 0 Å². The Hall–Kier alpha value is -0.430. The standard InChI is InChI=1S/C9H10ClIN4/c1-5(2)3-15-4-12-6-7(10)13-9(11)14-8(6)15/h4-5H,3H2,1-2H3. The van der Waals surface area contributed by atoms with E-state index in [1.54, 1.807) is 6.33 Å². The molecule has 0 saturated carbocycles. The third kappa shape index (κ3) is 2.23. The molecule has 0 fully saturated rings. The third-order valence-electron chi connectivity index (χ3n) is 1.96. The zero-order valence-corrected chi connectivity index (χ0v) is 11.3. The summed E-state index contributed by atoms with van der Waals surface area (Å²) in [6.07, 6.45) is 1.77. The van der Waals surface area contributed by atoms with Gasteiger partial charge in [-0.2, -0.15) is 0 Å². The minimum atomic E-state index is 0.423. The Morgan fingerprint density at radius 2 is 2.20 bits per heavy atom. The van der Waals surface area contributed by atoms with Gasteiger partial charge in [0.05, 0.1) is 6.33 Å². The van der Waals surface area contributed by atoms with Gasteiger partial charge >= 0.3 is 0 Å². The van der Waals surface area contributed by atoms with Crippen molar-refractivity contribution in [3.63, 3.8) is 0 Å². The summed E-state index contributed by atoms with van der Waals surface area (Å²) in [4.78, 5) is 12.6. The van der Waals surface area contributed by atoms with Crippen molar-refractivity contribution in [2.75, 3.05) is 0 Å². The number of halogens is 2. The zero-order chi connectivity index (χ0) is 11.0. The van der Waals surface area contributed by atoms with Crippen molar-refractivity contribution in [2.24, 2.45) is 5.92 Å². The zero-order valence-electron chi connectivity index (χ0n) is 8.41. The summed E-state index contributed by atoms with van der Waals surface area (Å²) in [5.41, 5.74) is 1.49. The first-order valence-corrected chi connectivity index (χ1v) is 6.07. The first-order chi connectivity index (χ1) is 7.08. The molecule has 2 heterocycles. The molecular weight excluding hydrogens is 326 g/mol. The van der Waals surface area contributed by atoms with E-state index >= 15 is 0 Å². The molecule has 0 unspecified atom stereocenters. The summed E-state index contributed by atoms with van der Waals surface area (Å²) < 4.78 is 2.66. The Morgan fingerprint density at radius 1 is 1.47 bits per heavy atom. The molecular formula is C9H10ClIN4. The van der Waals surface area contributed by atoms with E-state index in [0.717, 1.165) is 12.2 Å². The van der Waals surface area contributed by atoms with Crippen molar-refractivity contribution >= 4 is 45.4 Å². The molecule has 0 atom stereocenters. The van der Waals surface area contributed by atoms with Crippen LogP contribution < -0.4 is 0 Å². The van der Waals surface area contributed by atoms with Crippen molar-refractivity contribution in [2.45, 2.75) is 20.4 Å². The minimum Gasteiger partial charge on any atom is -0.315 e. The largest absolute Gasteiger partial charge is 0.315 e. The Balaban J connectivity index is 2.58. The van der Waals surface area contributed by atoms with Gasteiger partial charge in [0, 0.05) is 29.1 Å². The average Bonchev–Trinajstić information content (AvgIpc) is 2.48. The maximum atomic E-state index is 5.98. The van der Waals surface area contributed by atoms with E-state index in [2.05, 4.69) is 51.4 Å². The second-order valence-corrected chi connectivity index (χ2v) is 5.07. The van der Waals surface area contributed by atoms with Gasteiger partial charge in [-0.1, -0.05) is 25.4 Å². The third-order valence-corrected chi connectivity index (χ3v) is 2.70. The lowest BCUT2D eigenvalue weighted by Crippen LogP contribution is -2.04. The molecule has 15 heavy (non-hydrogen) atoms. The van der Waals surface area contributed by atoms with Crippen LogP contribution in [0.15, 0.2) is 6.33 Å². The van der Waals surface area contributed by atoms with Crippen molar-refractivity contribution in [1.82, 2.24) is 19.5 Å². The van der Waals surface area contributed by atoms with Crippen molar-refractivity contribution < 1.29 is 0 Å². The van der Waals surface area contributed by atoms with E-state index in [1.807, 2.05) is 4.57 Å². The highest BCUT2D eigenvalue weighted by Crippen LogP contribution is 2.20. The highest BCUT2D eigenvalue weighted by molar-refractivity contribution is 14.1. The lowest BCUT2D eigenvalue weighted by molar-refractivity contribution is 0.530. The maximum Gasteiger partial charge on any atom is 0.194 e. The molecule has 2 aromatic heterocycles. The molecule has 0 amide bonds. The summed E-state index contributed by atoms with van der Waals surface area (Å²) in [7, 11) is 0. The number of imidazole rings is 1. The lowest BCUT2D eigenvalue weighted by atomic mass is 10.2. The Morgan fingerprint density at radius 3 is 2.87 bits per heavy atom. The molecule has 0 spiro atoms. The van der Waals surface area contributed by atoms with E-state index in [9.17, 15) is 0 Å². The summed E-state index contributed by atoms with van der Waals surface area (Å²) in [6.45, 7) is 5.19. The van der Waals surface area contributed by atoms with Crippen LogP contribution in [0.4, 0.5) is 0 Å². The molecule has 4 nitrogen and oxygen atoms in total. The first-order valence-electron chi connectivity index (χ1n) is 4.62. The Kier molecular flexibility index (Phi) is 3.11. The topological polar surface area (TPSA) is 43.6 Å². The lowest BCUT2D eigenvalue weighted by Gasteiger charge is -2.06. The van der Waals surface area contributed by atoms with Crippen LogP contribution in [-0.2, 0) is 6.54 Å². The number of nitrogens with zero attached hydrogens (tertiary/aromatic N) is 4. The number of rotatable bonds is 2. The SMILES string of the molecule is CC(C)Cn1cnc2c(Cl)nc(I)nc21. The molecule has 0 aliphatic heterocycles. The van der Waals surface area contributed by atoms with Gasteiger partial charge in [0.15, 0.2) is 14.6 Å². The minimum absolute atomic E-state index is 0.423. The quantitative estimate of drug-likeness (QED) is 0.481. The Labute approximate surface area is 106 Å². The van der Waals surface area contributed by atoms with Gasteiger partial charge in [-0.3, -0.25) is 0 Å². The molecule has 0 N–H and O–H groups in total. The molecule has 0 bridgehead atoms. The highest BCUT2D eigenvalue weighted by atomic mass is 127.